The van der Waals surface area contributed by atoms with Crippen molar-refractivity contribution in [1.29, 1.82) is 0 Å². The van der Waals surface area contributed by atoms with Crippen LogP contribution in [0.15, 0.2) is 24.3 Å². The Bertz CT molecular complexity index is 544. The lowest BCUT2D eigenvalue weighted by atomic mass is 9.85. The van der Waals surface area contributed by atoms with E-state index in [1.807, 2.05) is 6.92 Å². The highest BCUT2D eigenvalue weighted by molar-refractivity contribution is 5.79. The highest BCUT2D eigenvalue weighted by Crippen LogP contribution is 2.37. The van der Waals surface area contributed by atoms with Crippen molar-refractivity contribution in [2.45, 2.75) is 45.0 Å². The molecule has 2 unspecified atom stereocenters. The molecule has 2 N–H and O–H groups in total. The van der Waals surface area contributed by atoms with Gasteiger partial charge in [0.25, 0.3) is 0 Å². The Morgan fingerprint density at radius 3 is 2.61 bits per heavy atom. The number of halogens is 3. The van der Waals surface area contributed by atoms with E-state index in [4.69, 9.17) is 0 Å². The van der Waals surface area contributed by atoms with Crippen molar-refractivity contribution in [1.82, 2.24) is 5.32 Å². The molecule has 1 aromatic carbocycles. The third-order valence-electron chi connectivity index (χ3n) is 4.30. The maximum Gasteiger partial charge on any atom is 0.573 e. The predicted molar refractivity (Wildman–Crippen MR) is 77.8 cm³/mol. The number of aliphatic hydroxyl groups is 1. The molecule has 128 valence electrons. The number of aliphatic hydroxyl groups excluding tert-OH is 1. The Hall–Kier alpha value is -1.76. The van der Waals surface area contributed by atoms with Gasteiger partial charge < -0.3 is 15.2 Å². The molecule has 1 aliphatic rings. The largest absolute Gasteiger partial charge is 0.573 e. The van der Waals surface area contributed by atoms with Gasteiger partial charge in [-0.05, 0) is 30.5 Å². The molecule has 2 atom stereocenters. The van der Waals surface area contributed by atoms with Crippen LogP contribution in [0.5, 0.6) is 5.75 Å². The molecule has 1 saturated carbocycles. The first kappa shape index (κ1) is 17.6. The molecule has 1 amide bonds. The number of carbonyl (C=O) groups excluding carboxylic acids is 1. The maximum atomic E-state index is 12.1. The number of carbonyl (C=O) groups is 1. The number of rotatable bonds is 5. The Balaban J connectivity index is 1.90. The molecular formula is C16H20F3NO3. The topological polar surface area (TPSA) is 58.6 Å². The molecule has 0 spiro atoms. The van der Waals surface area contributed by atoms with Gasteiger partial charge in [0.15, 0.2) is 0 Å². The van der Waals surface area contributed by atoms with Gasteiger partial charge in [-0.3, -0.25) is 4.79 Å². The summed E-state index contributed by atoms with van der Waals surface area (Å²) in [7, 11) is 0. The van der Waals surface area contributed by atoms with E-state index in [1.54, 1.807) is 0 Å². The number of ether oxygens (including phenoxy) is 1. The van der Waals surface area contributed by atoms with Gasteiger partial charge in [0.1, 0.15) is 5.75 Å². The second-order valence-corrected chi connectivity index (χ2v) is 6.19. The normalized spacial score (nSPS) is 24.5. The summed E-state index contributed by atoms with van der Waals surface area (Å²) in [6.07, 6.45) is -2.02. The first-order valence-corrected chi connectivity index (χ1v) is 7.47. The van der Waals surface area contributed by atoms with Crippen LogP contribution in [0.4, 0.5) is 13.2 Å². The van der Waals surface area contributed by atoms with Crippen molar-refractivity contribution in [2.75, 3.05) is 6.61 Å². The van der Waals surface area contributed by atoms with E-state index >= 15 is 0 Å². The van der Waals surface area contributed by atoms with Crippen LogP contribution in [0.25, 0.3) is 0 Å². The highest BCUT2D eigenvalue weighted by atomic mass is 19.4. The molecule has 1 aromatic rings. The van der Waals surface area contributed by atoms with Crippen molar-refractivity contribution in [3.8, 4) is 5.75 Å². The van der Waals surface area contributed by atoms with Crippen molar-refractivity contribution >= 4 is 5.91 Å². The minimum atomic E-state index is -4.73. The Labute approximate surface area is 132 Å². The third kappa shape index (κ3) is 4.86. The van der Waals surface area contributed by atoms with Crippen LogP contribution in [0.1, 0.15) is 31.7 Å². The van der Waals surface area contributed by atoms with Crippen LogP contribution in [0.2, 0.25) is 0 Å². The van der Waals surface area contributed by atoms with E-state index in [2.05, 4.69) is 10.1 Å². The Kier molecular flexibility index (Phi) is 5.19. The number of nitrogens with one attached hydrogen (secondary N) is 1. The highest BCUT2D eigenvalue weighted by Gasteiger charge is 2.39. The van der Waals surface area contributed by atoms with Crippen molar-refractivity contribution in [2.24, 2.45) is 5.41 Å². The van der Waals surface area contributed by atoms with Gasteiger partial charge in [-0.25, -0.2) is 0 Å². The Morgan fingerprint density at radius 1 is 1.39 bits per heavy atom. The molecule has 4 nitrogen and oxygen atoms in total. The van der Waals surface area contributed by atoms with Crippen LogP contribution < -0.4 is 10.1 Å². The zero-order valence-corrected chi connectivity index (χ0v) is 12.8. The van der Waals surface area contributed by atoms with Crippen molar-refractivity contribution in [3.63, 3.8) is 0 Å². The minimum Gasteiger partial charge on any atom is -0.406 e. The van der Waals surface area contributed by atoms with Gasteiger partial charge in [-0.1, -0.05) is 25.5 Å². The number of benzene rings is 1. The molecule has 23 heavy (non-hydrogen) atoms. The smallest absolute Gasteiger partial charge is 0.406 e. The van der Waals surface area contributed by atoms with E-state index in [0.717, 1.165) is 19.3 Å². The second-order valence-electron chi connectivity index (χ2n) is 6.19. The van der Waals surface area contributed by atoms with E-state index in [9.17, 15) is 23.1 Å². The van der Waals surface area contributed by atoms with Gasteiger partial charge >= 0.3 is 6.36 Å². The number of hydrogen-bond acceptors (Lipinski definition) is 3. The summed E-state index contributed by atoms with van der Waals surface area (Å²) in [5.74, 6) is -0.522. The van der Waals surface area contributed by atoms with Crippen molar-refractivity contribution in [3.05, 3.63) is 29.8 Å². The molecule has 1 aliphatic carbocycles. The molecule has 0 heterocycles. The van der Waals surface area contributed by atoms with E-state index in [1.165, 1.54) is 24.3 Å². The van der Waals surface area contributed by atoms with Crippen LogP contribution in [-0.4, -0.2) is 30.0 Å². The van der Waals surface area contributed by atoms with Gasteiger partial charge in [0.2, 0.25) is 5.91 Å². The average molecular weight is 331 g/mol. The summed E-state index contributed by atoms with van der Waals surface area (Å²) in [5, 5.41) is 12.4. The Morgan fingerprint density at radius 2 is 2.04 bits per heavy atom. The first-order valence-electron chi connectivity index (χ1n) is 7.47. The van der Waals surface area contributed by atoms with Crippen LogP contribution in [0, 0.1) is 5.41 Å². The fraction of sp³-hybridized carbons (Fsp3) is 0.562. The molecule has 0 saturated heterocycles. The van der Waals surface area contributed by atoms with E-state index in [0.29, 0.717) is 5.56 Å². The lowest BCUT2D eigenvalue weighted by Gasteiger charge is -2.30. The third-order valence-corrected chi connectivity index (χ3v) is 4.30. The standard InChI is InChI=1S/C16H20F3NO3/c1-15(10-21)8-2-3-13(15)20-14(22)9-11-4-6-12(7-5-11)23-16(17,18)19/h4-7,13,21H,2-3,8-10H2,1H3,(H,20,22). The van der Waals surface area contributed by atoms with Crippen molar-refractivity contribution < 1.29 is 27.8 Å². The second kappa shape index (κ2) is 6.78. The number of hydrogen-bond donors (Lipinski definition) is 2. The van der Waals surface area contributed by atoms with Gasteiger partial charge in [0, 0.05) is 11.5 Å². The maximum absolute atomic E-state index is 12.1. The summed E-state index contributed by atoms with van der Waals surface area (Å²) in [6.45, 7) is 1.95. The lowest BCUT2D eigenvalue weighted by Crippen LogP contribution is -2.45. The summed E-state index contributed by atoms with van der Waals surface area (Å²) < 4.78 is 40.0. The molecule has 0 radical (unpaired) electrons. The van der Waals surface area contributed by atoms with Crippen LogP contribution in [-0.2, 0) is 11.2 Å². The quantitative estimate of drug-likeness (QED) is 0.872. The van der Waals surface area contributed by atoms with Crippen LogP contribution in [0.3, 0.4) is 0 Å². The van der Waals surface area contributed by atoms with E-state index in [-0.39, 0.29) is 36.1 Å². The number of alkyl halides is 3. The fourth-order valence-corrected chi connectivity index (χ4v) is 2.91. The fourth-order valence-electron chi connectivity index (χ4n) is 2.91. The zero-order valence-electron chi connectivity index (χ0n) is 12.8. The zero-order chi connectivity index (χ0) is 17.1. The summed E-state index contributed by atoms with van der Waals surface area (Å²) in [4.78, 5) is 12.1. The molecule has 0 bridgehead atoms. The molecular weight excluding hydrogens is 311 g/mol. The summed E-state index contributed by atoms with van der Waals surface area (Å²) >= 11 is 0. The summed E-state index contributed by atoms with van der Waals surface area (Å²) in [6, 6.07) is 5.15. The molecule has 0 aromatic heterocycles. The number of amides is 1. The minimum absolute atomic E-state index is 0.0153. The molecule has 0 aliphatic heterocycles. The molecule has 2 rings (SSSR count). The predicted octanol–water partition coefficient (Wildman–Crippen LogP) is 2.80. The molecule has 1 fully saturated rings. The monoisotopic (exact) mass is 331 g/mol. The average Bonchev–Trinajstić information content (AvgIpc) is 2.81. The van der Waals surface area contributed by atoms with Gasteiger partial charge in [-0.15, -0.1) is 13.2 Å². The summed E-state index contributed by atoms with van der Waals surface area (Å²) in [5.41, 5.74) is 0.292. The van der Waals surface area contributed by atoms with E-state index < -0.39 is 6.36 Å². The first-order chi connectivity index (χ1) is 10.7. The molecule has 7 heteroatoms. The lowest BCUT2D eigenvalue weighted by molar-refractivity contribution is -0.274. The van der Waals surface area contributed by atoms with Gasteiger partial charge in [0.05, 0.1) is 13.0 Å². The van der Waals surface area contributed by atoms with Crippen LogP contribution >= 0.6 is 0 Å². The SMILES string of the molecule is CC1(CO)CCCC1NC(=O)Cc1ccc(OC(F)(F)F)cc1. The van der Waals surface area contributed by atoms with Gasteiger partial charge in [-0.2, -0.15) is 0 Å².